The number of hydrogen-bond acceptors (Lipinski definition) is 4. The van der Waals surface area contributed by atoms with Crippen LogP contribution in [0, 0.1) is 0 Å². The molecule has 1 N–H and O–H groups in total. The summed E-state index contributed by atoms with van der Waals surface area (Å²) in [5.41, 5.74) is 0. The lowest BCUT2D eigenvalue weighted by atomic mass is 10.2. The Hall–Kier alpha value is -0.980. The maximum atomic E-state index is 12.2. The maximum absolute atomic E-state index is 12.2. The molecule has 0 spiro atoms. The van der Waals surface area contributed by atoms with Crippen LogP contribution in [0.2, 0.25) is 0 Å². The molecule has 1 heterocycles. The van der Waals surface area contributed by atoms with Crippen molar-refractivity contribution in [3.63, 3.8) is 0 Å². The number of aromatic nitrogens is 1. The molecule has 0 amide bonds. The zero-order valence-electron chi connectivity index (χ0n) is 10.7. The molecule has 2 rings (SSSR count). The van der Waals surface area contributed by atoms with Crippen molar-refractivity contribution >= 4 is 10.0 Å². The van der Waals surface area contributed by atoms with Crippen LogP contribution in [0.1, 0.15) is 19.3 Å². The molecule has 100 valence electrons. The number of nitrogens with zero attached hydrogens (tertiary/aromatic N) is 2. The van der Waals surface area contributed by atoms with E-state index in [9.17, 15) is 8.42 Å². The number of nitrogens with one attached hydrogen (secondary N) is 1. The molecule has 5 nitrogen and oxygen atoms in total. The highest BCUT2D eigenvalue weighted by atomic mass is 32.2. The van der Waals surface area contributed by atoms with E-state index >= 15 is 0 Å². The zero-order chi connectivity index (χ0) is 13.2. The van der Waals surface area contributed by atoms with E-state index in [1.165, 1.54) is 6.20 Å². The van der Waals surface area contributed by atoms with Crippen LogP contribution < -0.4 is 4.72 Å². The molecule has 18 heavy (non-hydrogen) atoms. The molecule has 1 aliphatic rings. The Labute approximate surface area is 108 Å². The second-order valence-electron chi connectivity index (χ2n) is 4.88. The van der Waals surface area contributed by atoms with Gasteiger partial charge in [-0.2, -0.15) is 0 Å². The normalized spacial score (nSPS) is 24.6. The van der Waals surface area contributed by atoms with Gasteiger partial charge in [-0.15, -0.1) is 0 Å². The third-order valence-corrected chi connectivity index (χ3v) is 4.87. The van der Waals surface area contributed by atoms with Crippen molar-refractivity contribution in [2.24, 2.45) is 0 Å². The smallest absolute Gasteiger partial charge is 0.242 e. The fourth-order valence-electron chi connectivity index (χ4n) is 2.47. The van der Waals surface area contributed by atoms with Crippen molar-refractivity contribution in [1.82, 2.24) is 14.6 Å². The first kappa shape index (κ1) is 13.5. The Morgan fingerprint density at radius 2 is 2.17 bits per heavy atom. The minimum absolute atomic E-state index is 0.00907. The van der Waals surface area contributed by atoms with Gasteiger partial charge in [-0.3, -0.25) is 4.98 Å². The monoisotopic (exact) mass is 269 g/mol. The lowest BCUT2D eigenvalue weighted by Gasteiger charge is -2.26. The molecule has 1 saturated carbocycles. The van der Waals surface area contributed by atoms with Crippen LogP contribution in [0.15, 0.2) is 29.4 Å². The van der Waals surface area contributed by atoms with E-state index in [0.29, 0.717) is 0 Å². The van der Waals surface area contributed by atoms with E-state index in [1.807, 2.05) is 14.1 Å². The SMILES string of the molecule is CN(C)[C@@H]1CCC[C@H]1NS(=O)(=O)c1cccnc1. The topological polar surface area (TPSA) is 62.3 Å². The summed E-state index contributed by atoms with van der Waals surface area (Å²) >= 11 is 0. The Kier molecular flexibility index (Phi) is 3.99. The zero-order valence-corrected chi connectivity index (χ0v) is 11.5. The highest BCUT2D eigenvalue weighted by Gasteiger charge is 2.32. The highest BCUT2D eigenvalue weighted by molar-refractivity contribution is 7.89. The Morgan fingerprint density at radius 1 is 1.39 bits per heavy atom. The fraction of sp³-hybridized carbons (Fsp3) is 0.583. The summed E-state index contributed by atoms with van der Waals surface area (Å²) in [6.07, 6.45) is 5.93. The van der Waals surface area contributed by atoms with Crippen molar-refractivity contribution in [1.29, 1.82) is 0 Å². The molecule has 1 aliphatic carbocycles. The summed E-state index contributed by atoms with van der Waals surface area (Å²) in [6.45, 7) is 0. The number of likely N-dealkylation sites (N-methyl/N-ethyl adjacent to an activating group) is 1. The number of hydrogen-bond donors (Lipinski definition) is 1. The molecule has 1 aromatic heterocycles. The first-order valence-electron chi connectivity index (χ1n) is 6.09. The summed E-state index contributed by atoms with van der Waals surface area (Å²) in [7, 11) is 0.526. The van der Waals surface area contributed by atoms with Crippen LogP contribution in [-0.2, 0) is 10.0 Å². The van der Waals surface area contributed by atoms with Crippen LogP contribution in [0.25, 0.3) is 0 Å². The molecule has 0 unspecified atom stereocenters. The van der Waals surface area contributed by atoms with E-state index in [-0.39, 0.29) is 17.0 Å². The quantitative estimate of drug-likeness (QED) is 0.880. The predicted molar refractivity (Wildman–Crippen MR) is 69.7 cm³/mol. The van der Waals surface area contributed by atoms with E-state index in [4.69, 9.17) is 0 Å². The average molecular weight is 269 g/mol. The van der Waals surface area contributed by atoms with Crippen LogP contribution in [0.3, 0.4) is 0 Å². The van der Waals surface area contributed by atoms with Crippen LogP contribution in [-0.4, -0.2) is 44.5 Å². The first-order chi connectivity index (χ1) is 8.50. The number of rotatable bonds is 4. The second-order valence-corrected chi connectivity index (χ2v) is 6.59. The van der Waals surface area contributed by atoms with E-state index < -0.39 is 10.0 Å². The third-order valence-electron chi connectivity index (χ3n) is 3.39. The van der Waals surface area contributed by atoms with Gasteiger partial charge in [-0.1, -0.05) is 6.42 Å². The standard InChI is InChI=1S/C12H19N3O2S/c1-15(2)12-7-3-6-11(12)14-18(16,17)10-5-4-8-13-9-10/h4-5,8-9,11-12,14H,3,6-7H2,1-2H3/t11-,12-/m1/s1. The van der Waals surface area contributed by atoms with Crippen molar-refractivity contribution in [2.75, 3.05) is 14.1 Å². The molecule has 1 aromatic rings. The molecular weight excluding hydrogens is 250 g/mol. The van der Waals surface area contributed by atoms with Gasteiger partial charge in [0, 0.05) is 24.5 Å². The van der Waals surface area contributed by atoms with Gasteiger partial charge in [0.15, 0.2) is 0 Å². The Bertz CT molecular complexity index is 487. The third kappa shape index (κ3) is 2.88. The minimum Gasteiger partial charge on any atom is -0.305 e. The van der Waals surface area contributed by atoms with Gasteiger partial charge in [0.05, 0.1) is 0 Å². The molecule has 0 bridgehead atoms. The van der Waals surface area contributed by atoms with Crippen molar-refractivity contribution in [3.8, 4) is 0 Å². The Morgan fingerprint density at radius 3 is 2.78 bits per heavy atom. The summed E-state index contributed by atoms with van der Waals surface area (Å²) in [6, 6.07) is 3.46. The van der Waals surface area contributed by atoms with Gasteiger partial charge in [0.1, 0.15) is 4.90 Å². The molecule has 2 atom stereocenters. The van der Waals surface area contributed by atoms with Crippen molar-refractivity contribution in [3.05, 3.63) is 24.5 Å². The summed E-state index contributed by atoms with van der Waals surface area (Å²) in [5.74, 6) is 0. The minimum atomic E-state index is -3.45. The predicted octanol–water partition coefficient (Wildman–Crippen LogP) is 0.843. The van der Waals surface area contributed by atoms with E-state index in [0.717, 1.165) is 19.3 Å². The lowest BCUT2D eigenvalue weighted by molar-refractivity contribution is 0.267. The van der Waals surface area contributed by atoms with Crippen LogP contribution in [0.5, 0.6) is 0 Å². The van der Waals surface area contributed by atoms with Gasteiger partial charge < -0.3 is 4.90 Å². The summed E-state index contributed by atoms with van der Waals surface area (Å²) in [4.78, 5) is 6.17. The second kappa shape index (κ2) is 5.34. The molecule has 0 radical (unpaired) electrons. The molecule has 1 fully saturated rings. The largest absolute Gasteiger partial charge is 0.305 e. The van der Waals surface area contributed by atoms with Gasteiger partial charge in [0.2, 0.25) is 10.0 Å². The fourth-order valence-corrected chi connectivity index (χ4v) is 3.74. The molecule has 0 aliphatic heterocycles. The highest BCUT2D eigenvalue weighted by Crippen LogP contribution is 2.24. The number of sulfonamides is 1. The van der Waals surface area contributed by atoms with Crippen LogP contribution >= 0.6 is 0 Å². The van der Waals surface area contributed by atoms with Gasteiger partial charge >= 0.3 is 0 Å². The van der Waals surface area contributed by atoms with E-state index in [1.54, 1.807) is 18.3 Å². The maximum Gasteiger partial charge on any atom is 0.242 e. The summed E-state index contributed by atoms with van der Waals surface area (Å²) in [5, 5.41) is 0. The van der Waals surface area contributed by atoms with Gasteiger partial charge in [-0.05, 0) is 39.1 Å². The van der Waals surface area contributed by atoms with E-state index in [2.05, 4.69) is 14.6 Å². The number of pyridine rings is 1. The first-order valence-corrected chi connectivity index (χ1v) is 7.58. The van der Waals surface area contributed by atoms with Gasteiger partial charge in [-0.25, -0.2) is 13.1 Å². The molecular formula is C12H19N3O2S. The van der Waals surface area contributed by atoms with Crippen molar-refractivity contribution < 1.29 is 8.42 Å². The van der Waals surface area contributed by atoms with Gasteiger partial charge in [0.25, 0.3) is 0 Å². The summed E-state index contributed by atoms with van der Waals surface area (Å²) < 4.78 is 27.2. The Balaban J connectivity index is 2.14. The average Bonchev–Trinajstić information content (AvgIpc) is 2.78. The molecule has 0 aromatic carbocycles. The lowest BCUT2D eigenvalue weighted by Crippen LogP contribution is -2.45. The molecule has 0 saturated heterocycles. The molecule has 6 heteroatoms. The van der Waals surface area contributed by atoms with Crippen LogP contribution in [0.4, 0.5) is 0 Å². The van der Waals surface area contributed by atoms with Crippen molar-refractivity contribution in [2.45, 2.75) is 36.2 Å².